The molecule has 1 N–H and O–H groups in total. The van der Waals surface area contributed by atoms with E-state index in [0.717, 1.165) is 48.2 Å². The van der Waals surface area contributed by atoms with E-state index in [9.17, 15) is 18.0 Å². The van der Waals surface area contributed by atoms with Crippen LogP contribution in [-0.4, -0.2) is 56.3 Å². The first-order valence-corrected chi connectivity index (χ1v) is 13.4. The Morgan fingerprint density at radius 3 is 2.51 bits per heavy atom. The van der Waals surface area contributed by atoms with Crippen LogP contribution in [0.4, 0.5) is 18.9 Å². The molecule has 2 aromatic carbocycles. The van der Waals surface area contributed by atoms with Crippen molar-refractivity contribution < 1.29 is 13.2 Å². The number of H-pyrrole nitrogens is 1. The largest absolute Gasteiger partial charge is 0.416 e. The number of aromatic nitrogens is 5. The molecule has 0 bridgehead atoms. The molecule has 1 atom stereocenters. The Hall–Kier alpha value is -3.73. The highest BCUT2D eigenvalue weighted by Crippen LogP contribution is 2.35. The van der Waals surface area contributed by atoms with Crippen molar-refractivity contribution in [3.63, 3.8) is 0 Å². The number of aromatic amines is 1. The van der Waals surface area contributed by atoms with Gasteiger partial charge in [0.05, 0.1) is 11.6 Å². The molecule has 0 spiro atoms. The van der Waals surface area contributed by atoms with Gasteiger partial charge in [-0.15, -0.1) is 5.10 Å². The SMILES string of the molecule is Cc1ccc2cc([C@H](c3nnnn3C3CCCC3)N3CCN(c4cccc(C(F)(F)F)c4)CC3)c(=O)[nH]c2c1. The van der Waals surface area contributed by atoms with Crippen LogP contribution < -0.4 is 10.5 Å². The summed E-state index contributed by atoms with van der Waals surface area (Å²) in [6, 6.07) is 13.0. The lowest BCUT2D eigenvalue weighted by Crippen LogP contribution is -2.49. The molecule has 3 heterocycles. The highest BCUT2D eigenvalue weighted by Gasteiger charge is 2.35. The number of hydrogen-bond donors (Lipinski definition) is 1. The summed E-state index contributed by atoms with van der Waals surface area (Å²) in [6.45, 7) is 4.06. The lowest BCUT2D eigenvalue weighted by Gasteiger charge is -2.40. The number of alkyl halides is 3. The summed E-state index contributed by atoms with van der Waals surface area (Å²) in [5.41, 5.74) is 2.07. The lowest BCUT2D eigenvalue weighted by atomic mass is 10.0. The van der Waals surface area contributed by atoms with Crippen molar-refractivity contribution in [2.45, 2.75) is 50.9 Å². The zero-order valence-electron chi connectivity index (χ0n) is 21.7. The van der Waals surface area contributed by atoms with Crippen LogP contribution in [0.25, 0.3) is 10.9 Å². The Kier molecular flexibility index (Phi) is 6.62. The number of halogens is 3. The number of fused-ring (bicyclic) bond motifs is 1. The van der Waals surface area contributed by atoms with E-state index in [1.807, 2.05) is 40.8 Å². The van der Waals surface area contributed by atoms with Gasteiger partial charge in [0, 0.05) is 42.9 Å². The van der Waals surface area contributed by atoms with Crippen LogP contribution in [0.5, 0.6) is 0 Å². The van der Waals surface area contributed by atoms with E-state index in [4.69, 9.17) is 0 Å². The number of nitrogens with zero attached hydrogens (tertiary/aromatic N) is 6. The van der Waals surface area contributed by atoms with Crippen molar-refractivity contribution in [3.8, 4) is 0 Å². The van der Waals surface area contributed by atoms with Gasteiger partial charge in [0.1, 0.15) is 6.04 Å². The van der Waals surface area contributed by atoms with Crippen LogP contribution in [0, 0.1) is 6.92 Å². The maximum Gasteiger partial charge on any atom is 0.416 e. The molecule has 39 heavy (non-hydrogen) atoms. The third-order valence-electron chi connectivity index (χ3n) is 7.98. The molecule has 0 amide bonds. The predicted molar refractivity (Wildman–Crippen MR) is 142 cm³/mol. The molecule has 0 unspecified atom stereocenters. The van der Waals surface area contributed by atoms with Gasteiger partial charge in [-0.05, 0) is 71.5 Å². The zero-order chi connectivity index (χ0) is 27.1. The number of anilines is 1. The van der Waals surface area contributed by atoms with Crippen LogP contribution in [0.3, 0.4) is 0 Å². The maximum atomic E-state index is 13.5. The van der Waals surface area contributed by atoms with Crippen LogP contribution >= 0.6 is 0 Å². The molecular weight excluding hydrogens is 507 g/mol. The van der Waals surface area contributed by atoms with Crippen molar-refractivity contribution in [1.82, 2.24) is 30.1 Å². The minimum atomic E-state index is -4.39. The Bertz CT molecular complexity index is 1530. The summed E-state index contributed by atoms with van der Waals surface area (Å²) in [5, 5.41) is 13.7. The quantitative estimate of drug-likeness (QED) is 0.391. The minimum Gasteiger partial charge on any atom is -0.369 e. The monoisotopic (exact) mass is 537 g/mol. The summed E-state index contributed by atoms with van der Waals surface area (Å²) >= 11 is 0. The summed E-state index contributed by atoms with van der Waals surface area (Å²) in [7, 11) is 0. The molecule has 2 aliphatic rings. The van der Waals surface area contributed by atoms with Gasteiger partial charge in [-0.3, -0.25) is 9.69 Å². The van der Waals surface area contributed by atoms with E-state index < -0.39 is 17.8 Å². The summed E-state index contributed by atoms with van der Waals surface area (Å²) in [5.74, 6) is 0.631. The topological polar surface area (TPSA) is 82.9 Å². The number of tetrazole rings is 1. The van der Waals surface area contributed by atoms with E-state index in [1.165, 1.54) is 12.1 Å². The minimum absolute atomic E-state index is 0.186. The van der Waals surface area contributed by atoms with Crippen LogP contribution in [0.15, 0.2) is 53.3 Å². The van der Waals surface area contributed by atoms with Gasteiger partial charge < -0.3 is 9.88 Å². The van der Waals surface area contributed by atoms with E-state index >= 15 is 0 Å². The molecule has 2 fully saturated rings. The average molecular weight is 538 g/mol. The van der Waals surface area contributed by atoms with Crippen LogP contribution in [0.1, 0.15) is 60.3 Å². The van der Waals surface area contributed by atoms with Gasteiger partial charge in [-0.1, -0.05) is 31.0 Å². The number of rotatable bonds is 5. The molecule has 1 aliphatic heterocycles. The standard InChI is InChI=1S/C28H30F3N7O/c1-18-9-10-19-16-23(27(39)32-24(19)15-18)25(26-33-34-35-38(26)21-6-2-3-7-21)37-13-11-36(12-14-37)22-8-4-5-20(17-22)28(29,30)31/h4-5,8-10,15-17,21,25H,2-3,6-7,11-14H2,1H3,(H,32,39)/t25-/m1/s1. The first-order chi connectivity index (χ1) is 18.8. The molecule has 8 nitrogen and oxygen atoms in total. The van der Waals surface area contributed by atoms with Gasteiger partial charge in [-0.2, -0.15) is 13.2 Å². The van der Waals surface area contributed by atoms with Crippen LogP contribution in [-0.2, 0) is 6.18 Å². The number of hydrogen-bond acceptors (Lipinski definition) is 6. The summed E-state index contributed by atoms with van der Waals surface area (Å²) < 4.78 is 41.8. The second kappa shape index (κ2) is 10.1. The maximum absolute atomic E-state index is 13.5. The van der Waals surface area contributed by atoms with Crippen LogP contribution in [0.2, 0.25) is 0 Å². The van der Waals surface area contributed by atoms with E-state index in [2.05, 4.69) is 25.4 Å². The highest BCUT2D eigenvalue weighted by atomic mass is 19.4. The van der Waals surface area contributed by atoms with Gasteiger partial charge >= 0.3 is 6.18 Å². The second-order valence-electron chi connectivity index (χ2n) is 10.5. The van der Waals surface area contributed by atoms with Crippen molar-refractivity contribution in [2.75, 3.05) is 31.1 Å². The Morgan fingerprint density at radius 2 is 1.77 bits per heavy atom. The normalized spacial score (nSPS) is 18.2. The van der Waals surface area contributed by atoms with Crippen molar-refractivity contribution in [3.05, 3.63) is 81.4 Å². The Balaban J connectivity index is 1.35. The molecule has 204 valence electrons. The third-order valence-corrected chi connectivity index (χ3v) is 7.98. The summed E-state index contributed by atoms with van der Waals surface area (Å²) in [6.07, 6.45) is -0.195. The third kappa shape index (κ3) is 5.03. The van der Waals surface area contributed by atoms with Crippen molar-refractivity contribution in [2.24, 2.45) is 0 Å². The molecule has 6 rings (SSSR count). The first kappa shape index (κ1) is 25.5. The molecule has 4 aromatic rings. The van der Waals surface area contributed by atoms with Gasteiger partial charge in [-0.25, -0.2) is 4.68 Å². The van der Waals surface area contributed by atoms with Gasteiger partial charge in [0.25, 0.3) is 5.56 Å². The van der Waals surface area contributed by atoms with Crippen molar-refractivity contribution in [1.29, 1.82) is 0 Å². The molecule has 1 saturated heterocycles. The molecular formula is C28H30F3N7O. The molecule has 1 aliphatic carbocycles. The number of benzene rings is 2. The molecule has 2 aromatic heterocycles. The number of piperazine rings is 1. The fraction of sp³-hybridized carbons (Fsp3) is 0.429. The Morgan fingerprint density at radius 1 is 1.00 bits per heavy atom. The number of nitrogens with one attached hydrogen (secondary N) is 1. The fourth-order valence-electron chi connectivity index (χ4n) is 5.94. The first-order valence-electron chi connectivity index (χ1n) is 13.4. The second-order valence-corrected chi connectivity index (χ2v) is 10.5. The van der Waals surface area contributed by atoms with E-state index in [0.29, 0.717) is 43.3 Å². The molecule has 0 radical (unpaired) electrons. The fourth-order valence-corrected chi connectivity index (χ4v) is 5.94. The van der Waals surface area contributed by atoms with Crippen molar-refractivity contribution >= 4 is 16.6 Å². The smallest absolute Gasteiger partial charge is 0.369 e. The average Bonchev–Trinajstić information content (AvgIpc) is 3.62. The molecule has 11 heteroatoms. The van der Waals surface area contributed by atoms with E-state index in [-0.39, 0.29) is 11.6 Å². The predicted octanol–water partition coefficient (Wildman–Crippen LogP) is 4.87. The summed E-state index contributed by atoms with van der Waals surface area (Å²) in [4.78, 5) is 20.7. The number of aryl methyl sites for hydroxylation is 1. The lowest BCUT2D eigenvalue weighted by molar-refractivity contribution is -0.137. The molecule has 1 saturated carbocycles. The zero-order valence-corrected chi connectivity index (χ0v) is 21.7. The number of pyridine rings is 1. The van der Waals surface area contributed by atoms with Gasteiger partial charge in [0.2, 0.25) is 0 Å². The van der Waals surface area contributed by atoms with Gasteiger partial charge in [0.15, 0.2) is 5.82 Å². The Labute approximate surface area is 223 Å². The van der Waals surface area contributed by atoms with E-state index in [1.54, 1.807) is 6.07 Å². The highest BCUT2D eigenvalue weighted by molar-refractivity contribution is 5.79.